The monoisotopic (exact) mass is 473 g/mol. The van der Waals surface area contributed by atoms with Crippen LogP contribution in [0.4, 0.5) is 18.9 Å². The number of aromatic nitrogens is 2. The summed E-state index contributed by atoms with van der Waals surface area (Å²) in [4.78, 5) is 0.800. The minimum Gasteiger partial charge on any atom is -0.491 e. The average Bonchev–Trinajstić information content (AvgIpc) is 3.35. The Bertz CT molecular complexity index is 1100. The molecule has 0 amide bonds. The number of ether oxygens (including phenoxy) is 1. The maximum atomic E-state index is 13.1. The molecule has 2 aromatic heterocycles. The Kier molecular flexibility index (Phi) is 6.95. The molecule has 0 aliphatic heterocycles. The fourth-order valence-corrected chi connectivity index (χ4v) is 4.98. The maximum absolute atomic E-state index is 13.1. The van der Waals surface area contributed by atoms with Gasteiger partial charge in [0.05, 0.1) is 35.1 Å². The molecule has 1 N–H and O–H groups in total. The first-order valence-electron chi connectivity index (χ1n) is 9.49. The third-order valence-electron chi connectivity index (χ3n) is 4.50. The number of sulfonamides is 1. The first kappa shape index (κ1) is 23.1. The maximum Gasteiger partial charge on any atom is 0.404 e. The van der Waals surface area contributed by atoms with E-state index in [1.807, 2.05) is 31.4 Å². The quantitative estimate of drug-likeness (QED) is 0.463. The standard InChI is InChI=1S/C20H22F3N3O3S2/c1-3-14(2)29-17-7-4-6-16(10-17)26(31(27,28)13-20(21,22)23)12-15-11-24-25-19(15)18-8-5-9-30-18/h4-11,14H,3,12-13H2,1-2H3,(H,24,25). The zero-order valence-corrected chi connectivity index (χ0v) is 18.5. The van der Waals surface area contributed by atoms with Crippen LogP contribution in [0, 0.1) is 0 Å². The van der Waals surface area contributed by atoms with Crippen molar-refractivity contribution in [3.8, 4) is 16.3 Å². The van der Waals surface area contributed by atoms with Crippen molar-refractivity contribution in [1.29, 1.82) is 0 Å². The van der Waals surface area contributed by atoms with E-state index in [4.69, 9.17) is 4.74 Å². The second-order valence-corrected chi connectivity index (χ2v) is 9.80. The summed E-state index contributed by atoms with van der Waals surface area (Å²) in [6.45, 7) is 3.47. The van der Waals surface area contributed by atoms with E-state index in [-0.39, 0.29) is 18.3 Å². The molecule has 3 rings (SSSR count). The van der Waals surface area contributed by atoms with Crippen LogP contribution >= 0.6 is 11.3 Å². The van der Waals surface area contributed by atoms with E-state index in [9.17, 15) is 21.6 Å². The average molecular weight is 474 g/mol. The van der Waals surface area contributed by atoms with Crippen molar-refractivity contribution >= 4 is 27.0 Å². The lowest BCUT2D eigenvalue weighted by Gasteiger charge is -2.26. The Morgan fingerprint density at radius 2 is 2.03 bits per heavy atom. The molecule has 0 spiro atoms. The van der Waals surface area contributed by atoms with Gasteiger partial charge in [-0.1, -0.05) is 19.1 Å². The molecule has 1 atom stereocenters. The first-order valence-corrected chi connectivity index (χ1v) is 12.0. The molecule has 0 saturated heterocycles. The van der Waals surface area contributed by atoms with Gasteiger partial charge >= 0.3 is 6.18 Å². The van der Waals surface area contributed by atoms with E-state index in [0.29, 0.717) is 17.0 Å². The van der Waals surface area contributed by atoms with Gasteiger partial charge in [0.2, 0.25) is 10.0 Å². The largest absolute Gasteiger partial charge is 0.491 e. The minimum absolute atomic E-state index is 0.0865. The van der Waals surface area contributed by atoms with Crippen LogP contribution in [0.5, 0.6) is 5.75 Å². The van der Waals surface area contributed by atoms with Gasteiger partial charge in [0, 0.05) is 11.6 Å². The lowest BCUT2D eigenvalue weighted by molar-refractivity contribution is -0.106. The fraction of sp³-hybridized carbons (Fsp3) is 0.350. The molecule has 3 aromatic rings. The molecule has 168 valence electrons. The molecule has 0 saturated carbocycles. The Morgan fingerprint density at radius 1 is 1.26 bits per heavy atom. The zero-order chi connectivity index (χ0) is 22.6. The molecule has 6 nitrogen and oxygen atoms in total. The Labute approximate surface area is 182 Å². The number of anilines is 1. The van der Waals surface area contributed by atoms with Crippen molar-refractivity contribution in [3.63, 3.8) is 0 Å². The highest BCUT2D eigenvalue weighted by molar-refractivity contribution is 7.92. The number of halogens is 3. The van der Waals surface area contributed by atoms with Crippen LogP contribution in [0.1, 0.15) is 25.8 Å². The third kappa shape index (κ3) is 6.01. The van der Waals surface area contributed by atoms with E-state index in [1.54, 1.807) is 12.1 Å². The molecular weight excluding hydrogens is 451 g/mol. The van der Waals surface area contributed by atoms with Gasteiger partial charge in [-0.15, -0.1) is 11.3 Å². The lowest BCUT2D eigenvalue weighted by Crippen LogP contribution is -2.37. The third-order valence-corrected chi connectivity index (χ3v) is 7.09. The first-order chi connectivity index (χ1) is 14.6. The van der Waals surface area contributed by atoms with Gasteiger partial charge in [0.1, 0.15) is 5.75 Å². The molecule has 31 heavy (non-hydrogen) atoms. The number of thiophene rings is 1. The number of aromatic amines is 1. The fourth-order valence-electron chi connectivity index (χ4n) is 2.88. The van der Waals surface area contributed by atoms with Gasteiger partial charge in [0.25, 0.3) is 0 Å². The van der Waals surface area contributed by atoms with Crippen LogP contribution in [0.3, 0.4) is 0 Å². The van der Waals surface area contributed by atoms with Gasteiger partial charge in [-0.05, 0) is 36.9 Å². The second-order valence-electron chi connectivity index (χ2n) is 6.96. The van der Waals surface area contributed by atoms with Crippen molar-refractivity contribution < 1.29 is 26.3 Å². The van der Waals surface area contributed by atoms with Crippen molar-refractivity contribution in [2.45, 2.75) is 39.1 Å². The molecule has 0 bridgehead atoms. The number of nitrogens with one attached hydrogen (secondary N) is 1. The molecule has 1 unspecified atom stereocenters. The summed E-state index contributed by atoms with van der Waals surface area (Å²) in [5, 5.41) is 8.61. The van der Waals surface area contributed by atoms with E-state index in [1.165, 1.54) is 29.7 Å². The molecule has 11 heteroatoms. The highest BCUT2D eigenvalue weighted by Crippen LogP contribution is 2.32. The molecular formula is C20H22F3N3O3S2. The molecule has 0 aliphatic rings. The molecule has 0 fully saturated rings. The SMILES string of the molecule is CCC(C)Oc1cccc(N(Cc2cn[nH]c2-c2cccs2)S(=O)(=O)CC(F)(F)F)c1. The predicted molar refractivity (Wildman–Crippen MR) is 115 cm³/mol. The van der Waals surface area contributed by atoms with Gasteiger partial charge in [-0.3, -0.25) is 9.40 Å². The van der Waals surface area contributed by atoms with Gasteiger partial charge in [-0.25, -0.2) is 8.42 Å². The topological polar surface area (TPSA) is 75.3 Å². The van der Waals surface area contributed by atoms with Gasteiger partial charge in [0.15, 0.2) is 5.75 Å². The van der Waals surface area contributed by atoms with Crippen LogP contribution in [-0.2, 0) is 16.6 Å². The van der Waals surface area contributed by atoms with E-state index in [2.05, 4.69) is 10.2 Å². The highest BCUT2D eigenvalue weighted by Gasteiger charge is 2.39. The van der Waals surface area contributed by atoms with Crippen LogP contribution in [0.2, 0.25) is 0 Å². The number of nitrogens with zero attached hydrogens (tertiary/aromatic N) is 2. The van der Waals surface area contributed by atoms with Crippen LogP contribution in [0.25, 0.3) is 10.6 Å². The molecule has 1 aromatic carbocycles. The summed E-state index contributed by atoms with van der Waals surface area (Å²) in [5.41, 5.74) is 1.11. The Hall–Kier alpha value is -2.53. The zero-order valence-electron chi connectivity index (χ0n) is 16.9. The summed E-state index contributed by atoms with van der Waals surface area (Å²) in [5.74, 6) is -1.59. The smallest absolute Gasteiger partial charge is 0.404 e. The normalized spacial score (nSPS) is 13.2. The highest BCUT2D eigenvalue weighted by atomic mass is 32.2. The summed E-state index contributed by atoms with van der Waals surface area (Å²) in [6, 6.07) is 9.71. The summed E-state index contributed by atoms with van der Waals surface area (Å²) < 4.78 is 71.3. The van der Waals surface area contributed by atoms with E-state index < -0.39 is 22.0 Å². The lowest BCUT2D eigenvalue weighted by atomic mass is 10.2. The Balaban J connectivity index is 2.01. The van der Waals surface area contributed by atoms with Crippen molar-refractivity contribution in [2.75, 3.05) is 10.1 Å². The van der Waals surface area contributed by atoms with E-state index in [0.717, 1.165) is 15.6 Å². The molecule has 0 radical (unpaired) electrons. The number of alkyl halides is 3. The summed E-state index contributed by atoms with van der Waals surface area (Å²) in [7, 11) is -4.73. The molecule has 2 heterocycles. The van der Waals surface area contributed by atoms with Crippen molar-refractivity contribution in [2.24, 2.45) is 0 Å². The minimum atomic E-state index is -4.88. The summed E-state index contributed by atoms with van der Waals surface area (Å²) >= 11 is 1.41. The summed E-state index contributed by atoms with van der Waals surface area (Å²) in [6.07, 6.45) is -2.87. The van der Waals surface area contributed by atoms with Gasteiger partial charge in [-0.2, -0.15) is 18.3 Å². The number of H-pyrrole nitrogens is 1. The van der Waals surface area contributed by atoms with Crippen LogP contribution < -0.4 is 9.04 Å². The number of hydrogen-bond donors (Lipinski definition) is 1. The molecule has 0 aliphatic carbocycles. The van der Waals surface area contributed by atoms with Gasteiger partial charge < -0.3 is 4.74 Å². The number of benzene rings is 1. The van der Waals surface area contributed by atoms with Crippen LogP contribution in [-0.4, -0.2) is 36.6 Å². The number of rotatable bonds is 9. The second kappa shape index (κ2) is 9.31. The number of hydrogen-bond acceptors (Lipinski definition) is 5. The van der Waals surface area contributed by atoms with Crippen LogP contribution in [0.15, 0.2) is 48.0 Å². The Morgan fingerprint density at radius 3 is 2.68 bits per heavy atom. The van der Waals surface area contributed by atoms with Crippen molar-refractivity contribution in [3.05, 3.63) is 53.5 Å². The van der Waals surface area contributed by atoms with Crippen molar-refractivity contribution in [1.82, 2.24) is 10.2 Å². The predicted octanol–water partition coefficient (Wildman–Crippen LogP) is 5.21. The van der Waals surface area contributed by atoms with E-state index >= 15 is 0 Å².